The molecule has 4 heterocycles. The topological polar surface area (TPSA) is 66.1 Å². The van der Waals surface area contributed by atoms with Crippen molar-refractivity contribution in [1.82, 2.24) is 20.5 Å². The Morgan fingerprint density at radius 3 is 2.96 bits per heavy atom. The molecule has 146 valence electrons. The van der Waals surface area contributed by atoms with Crippen LogP contribution in [0.4, 0.5) is 5.13 Å². The second-order valence-electron chi connectivity index (χ2n) is 8.60. The first-order valence-electron chi connectivity index (χ1n) is 9.75. The van der Waals surface area contributed by atoms with E-state index in [1.54, 1.807) is 11.3 Å². The van der Waals surface area contributed by atoms with Gasteiger partial charge in [-0.15, -0.1) is 0 Å². The largest absolute Gasteiger partial charge is 0.472 e. The summed E-state index contributed by atoms with van der Waals surface area (Å²) in [6.07, 6.45) is 4.90. The van der Waals surface area contributed by atoms with E-state index in [9.17, 15) is 0 Å². The third kappa shape index (κ3) is 3.29. The summed E-state index contributed by atoms with van der Waals surface area (Å²) < 4.78 is 6.00. The lowest BCUT2D eigenvalue weighted by molar-refractivity contribution is 0.292. The van der Waals surface area contributed by atoms with Gasteiger partial charge < -0.3 is 15.0 Å². The molecular formula is C21H25N5OS. The lowest BCUT2D eigenvalue weighted by Gasteiger charge is -2.25. The fourth-order valence-electron chi connectivity index (χ4n) is 4.03. The summed E-state index contributed by atoms with van der Waals surface area (Å²) in [4.78, 5) is 8.34. The van der Waals surface area contributed by atoms with E-state index >= 15 is 0 Å². The third-order valence-electron chi connectivity index (χ3n) is 5.23. The molecule has 0 aliphatic carbocycles. The van der Waals surface area contributed by atoms with Gasteiger partial charge in [0.1, 0.15) is 11.5 Å². The molecule has 1 aromatic carbocycles. The average Bonchev–Trinajstić information content (AvgIpc) is 3.39. The lowest BCUT2D eigenvalue weighted by atomic mass is 9.99. The van der Waals surface area contributed by atoms with Gasteiger partial charge in [0.05, 0.1) is 6.20 Å². The highest BCUT2D eigenvalue weighted by Gasteiger charge is 2.30. The van der Waals surface area contributed by atoms with Gasteiger partial charge in [-0.25, -0.2) is 0 Å². The molecule has 5 rings (SSSR count). The Balaban J connectivity index is 1.40. The van der Waals surface area contributed by atoms with Crippen LogP contribution >= 0.6 is 11.3 Å². The molecule has 7 heteroatoms. The SMILES string of the molecule is CC(C)(C)NC1CCN(c2nc3c(s2)-c2ccc(-c4cn[nH]c4)cc2CO3)C1. The number of hydrogen-bond donors (Lipinski definition) is 2. The summed E-state index contributed by atoms with van der Waals surface area (Å²) in [5, 5.41) is 11.7. The quantitative estimate of drug-likeness (QED) is 0.700. The molecule has 6 nitrogen and oxygen atoms in total. The molecule has 0 spiro atoms. The number of hydrogen-bond acceptors (Lipinski definition) is 6. The van der Waals surface area contributed by atoms with Gasteiger partial charge >= 0.3 is 0 Å². The molecule has 1 atom stereocenters. The van der Waals surface area contributed by atoms with Gasteiger partial charge in [-0.3, -0.25) is 5.10 Å². The van der Waals surface area contributed by atoms with Crippen LogP contribution in [0.2, 0.25) is 0 Å². The molecule has 0 radical (unpaired) electrons. The first kappa shape index (κ1) is 17.7. The highest BCUT2D eigenvalue weighted by atomic mass is 32.1. The fourth-order valence-corrected chi connectivity index (χ4v) is 5.14. The summed E-state index contributed by atoms with van der Waals surface area (Å²) in [5.74, 6) is 0.774. The van der Waals surface area contributed by atoms with Crippen LogP contribution < -0.4 is 15.0 Å². The number of fused-ring (bicyclic) bond motifs is 3. The number of thiazole rings is 1. The standard InChI is InChI=1S/C21H25N5OS/c1-21(2,3)25-16-6-7-26(11-16)20-24-19-18(28-20)17-5-4-13(8-14(17)12-27-19)15-9-22-23-10-15/h4-5,8-10,16,25H,6-7,11-12H2,1-3H3,(H,22,23). The van der Waals surface area contributed by atoms with E-state index in [1.807, 2.05) is 12.4 Å². The molecule has 1 unspecified atom stereocenters. The molecule has 2 aliphatic rings. The van der Waals surface area contributed by atoms with E-state index in [0.717, 1.165) is 46.5 Å². The molecule has 1 saturated heterocycles. The second-order valence-corrected chi connectivity index (χ2v) is 9.58. The number of H-pyrrole nitrogens is 1. The minimum absolute atomic E-state index is 0.136. The van der Waals surface area contributed by atoms with E-state index in [2.05, 4.69) is 59.4 Å². The Labute approximate surface area is 168 Å². The number of nitrogens with one attached hydrogen (secondary N) is 2. The highest BCUT2D eigenvalue weighted by molar-refractivity contribution is 7.19. The Kier molecular flexibility index (Phi) is 4.17. The zero-order chi connectivity index (χ0) is 19.3. The highest BCUT2D eigenvalue weighted by Crippen LogP contribution is 2.45. The van der Waals surface area contributed by atoms with Gasteiger partial charge in [-0.1, -0.05) is 23.5 Å². The maximum atomic E-state index is 6.00. The van der Waals surface area contributed by atoms with Crippen molar-refractivity contribution >= 4 is 16.5 Å². The summed E-state index contributed by atoms with van der Waals surface area (Å²) >= 11 is 1.74. The number of nitrogens with zero attached hydrogens (tertiary/aromatic N) is 3. The summed E-state index contributed by atoms with van der Waals surface area (Å²) in [6, 6.07) is 7.04. The Morgan fingerprint density at radius 2 is 2.18 bits per heavy atom. The molecule has 3 aromatic rings. The zero-order valence-electron chi connectivity index (χ0n) is 16.5. The van der Waals surface area contributed by atoms with Crippen molar-refractivity contribution < 1.29 is 4.74 Å². The van der Waals surface area contributed by atoms with Crippen LogP contribution in [0.5, 0.6) is 5.88 Å². The molecule has 1 fully saturated rings. The first-order chi connectivity index (χ1) is 13.5. The van der Waals surface area contributed by atoms with E-state index in [0.29, 0.717) is 12.6 Å². The van der Waals surface area contributed by atoms with Crippen LogP contribution in [0, 0.1) is 0 Å². The zero-order valence-corrected chi connectivity index (χ0v) is 17.3. The first-order valence-corrected chi connectivity index (χ1v) is 10.6. The van der Waals surface area contributed by atoms with Crippen molar-refractivity contribution in [3.05, 3.63) is 36.2 Å². The Morgan fingerprint density at radius 1 is 1.29 bits per heavy atom. The number of aromatic amines is 1. The van der Waals surface area contributed by atoms with Crippen molar-refractivity contribution in [3.8, 4) is 27.4 Å². The van der Waals surface area contributed by atoms with Gasteiger partial charge in [-0.2, -0.15) is 10.1 Å². The minimum Gasteiger partial charge on any atom is -0.472 e. The molecule has 2 N–H and O–H groups in total. The summed E-state index contributed by atoms with van der Waals surface area (Å²) in [5.41, 5.74) is 4.82. The van der Waals surface area contributed by atoms with E-state index in [-0.39, 0.29) is 5.54 Å². The van der Waals surface area contributed by atoms with Crippen molar-refractivity contribution in [2.75, 3.05) is 18.0 Å². The van der Waals surface area contributed by atoms with Crippen molar-refractivity contribution in [2.45, 2.75) is 45.4 Å². The predicted molar refractivity (Wildman–Crippen MR) is 113 cm³/mol. The van der Waals surface area contributed by atoms with E-state index in [1.165, 1.54) is 11.1 Å². The number of ether oxygens (including phenoxy) is 1. The number of anilines is 1. The van der Waals surface area contributed by atoms with E-state index in [4.69, 9.17) is 9.72 Å². The normalized spacial score (nSPS) is 18.7. The summed E-state index contributed by atoms with van der Waals surface area (Å²) in [6.45, 7) is 9.26. The molecule has 28 heavy (non-hydrogen) atoms. The maximum absolute atomic E-state index is 6.00. The van der Waals surface area contributed by atoms with Crippen LogP contribution in [0.3, 0.4) is 0 Å². The molecule has 0 amide bonds. The molecule has 2 aliphatic heterocycles. The molecule has 2 aromatic heterocycles. The van der Waals surface area contributed by atoms with Crippen LogP contribution in [0.15, 0.2) is 30.6 Å². The monoisotopic (exact) mass is 395 g/mol. The van der Waals surface area contributed by atoms with Crippen molar-refractivity contribution in [2.24, 2.45) is 0 Å². The average molecular weight is 396 g/mol. The van der Waals surface area contributed by atoms with Gasteiger partial charge in [0.2, 0.25) is 5.88 Å². The second kappa shape index (κ2) is 6.60. The molecular weight excluding hydrogens is 370 g/mol. The van der Waals surface area contributed by atoms with E-state index < -0.39 is 0 Å². The van der Waals surface area contributed by atoms with Gasteiger partial charge in [-0.05, 0) is 44.4 Å². The number of benzene rings is 1. The minimum atomic E-state index is 0.136. The van der Waals surface area contributed by atoms with Gasteiger partial charge in [0.15, 0.2) is 5.13 Å². The Hall–Kier alpha value is -2.38. The Bertz CT molecular complexity index is 989. The third-order valence-corrected chi connectivity index (χ3v) is 6.36. The van der Waals surface area contributed by atoms with Crippen LogP contribution in [-0.2, 0) is 6.61 Å². The van der Waals surface area contributed by atoms with Crippen molar-refractivity contribution in [1.29, 1.82) is 0 Å². The lowest BCUT2D eigenvalue weighted by Crippen LogP contribution is -2.44. The fraction of sp³-hybridized carbons (Fsp3) is 0.429. The maximum Gasteiger partial charge on any atom is 0.234 e. The van der Waals surface area contributed by atoms with Gasteiger partial charge in [0, 0.05) is 42.0 Å². The predicted octanol–water partition coefficient (Wildman–Crippen LogP) is 4.06. The molecule has 0 saturated carbocycles. The number of aromatic nitrogens is 3. The van der Waals surface area contributed by atoms with Crippen molar-refractivity contribution in [3.63, 3.8) is 0 Å². The number of rotatable bonds is 3. The summed E-state index contributed by atoms with van der Waals surface area (Å²) in [7, 11) is 0. The van der Waals surface area contributed by atoms with Gasteiger partial charge in [0.25, 0.3) is 0 Å². The van der Waals surface area contributed by atoms with Crippen LogP contribution in [-0.4, -0.2) is 39.9 Å². The molecule has 0 bridgehead atoms. The smallest absolute Gasteiger partial charge is 0.234 e. The van der Waals surface area contributed by atoms with Crippen LogP contribution in [0.25, 0.3) is 21.6 Å². The van der Waals surface area contributed by atoms with Crippen LogP contribution in [0.1, 0.15) is 32.8 Å².